The van der Waals surface area contributed by atoms with E-state index < -0.39 is 18.7 Å². The van der Waals surface area contributed by atoms with E-state index in [-0.39, 0.29) is 23.4 Å². The summed E-state index contributed by atoms with van der Waals surface area (Å²) in [6.07, 6.45) is -5.66. The zero-order valence-corrected chi connectivity index (χ0v) is 11.1. The summed E-state index contributed by atoms with van der Waals surface area (Å²) < 4.78 is 66.0. The zero-order chi connectivity index (χ0) is 15.6. The Morgan fingerprint density at radius 3 is 2.25 bits per heavy atom. The molecule has 1 aromatic rings. The summed E-state index contributed by atoms with van der Waals surface area (Å²) in [6.45, 7) is 1.68. The third kappa shape index (κ3) is 3.91. The standard InChI is InChI=1S/C11H14F5N3O/c1-6(2)9-18-7(17-3)4-8(19-9)20-5-10(12,13)11(14,15)16/h4,6H,5H2,1-3H3,(H,17,18,19). The lowest BCUT2D eigenvalue weighted by Gasteiger charge is -2.19. The van der Waals surface area contributed by atoms with E-state index in [9.17, 15) is 22.0 Å². The highest BCUT2D eigenvalue weighted by molar-refractivity contribution is 5.38. The average molecular weight is 299 g/mol. The summed E-state index contributed by atoms with van der Waals surface area (Å²) in [4.78, 5) is 7.82. The Balaban J connectivity index is 2.90. The molecule has 1 N–H and O–H groups in total. The number of halogens is 5. The molecule has 0 amide bonds. The summed E-state index contributed by atoms with van der Waals surface area (Å²) in [5.41, 5.74) is 0. The molecule has 1 heterocycles. The molecule has 0 unspecified atom stereocenters. The molecule has 9 heteroatoms. The topological polar surface area (TPSA) is 47.0 Å². The van der Waals surface area contributed by atoms with E-state index in [1.54, 1.807) is 13.8 Å². The van der Waals surface area contributed by atoms with Crippen LogP contribution >= 0.6 is 0 Å². The first kappa shape index (κ1) is 16.4. The largest absolute Gasteiger partial charge is 0.471 e. The Hall–Kier alpha value is -1.67. The Labute approximate surface area is 112 Å². The molecule has 1 rings (SSSR count). The van der Waals surface area contributed by atoms with E-state index in [1.807, 2.05) is 0 Å². The second-order valence-electron chi connectivity index (χ2n) is 4.35. The van der Waals surface area contributed by atoms with Crippen molar-refractivity contribution < 1.29 is 26.7 Å². The summed E-state index contributed by atoms with van der Waals surface area (Å²) in [6, 6.07) is 1.15. The molecular weight excluding hydrogens is 285 g/mol. The predicted octanol–water partition coefficient (Wildman–Crippen LogP) is 3.22. The van der Waals surface area contributed by atoms with E-state index >= 15 is 0 Å². The minimum Gasteiger partial charge on any atom is -0.471 e. The van der Waals surface area contributed by atoms with E-state index in [0.717, 1.165) is 6.07 Å². The molecule has 0 saturated carbocycles. The SMILES string of the molecule is CNc1cc(OCC(F)(F)C(F)(F)F)nc(C(C)C)n1. The Kier molecular flexibility index (Phi) is 4.72. The number of rotatable bonds is 5. The van der Waals surface area contributed by atoms with Crippen LogP contribution in [0.5, 0.6) is 5.88 Å². The molecule has 0 saturated heterocycles. The van der Waals surface area contributed by atoms with Crippen LogP contribution in [0.3, 0.4) is 0 Å². The van der Waals surface area contributed by atoms with Gasteiger partial charge in [-0.1, -0.05) is 13.8 Å². The maximum Gasteiger partial charge on any atom is 0.456 e. The van der Waals surface area contributed by atoms with Crippen molar-refractivity contribution in [2.45, 2.75) is 31.9 Å². The van der Waals surface area contributed by atoms with Gasteiger partial charge in [-0.2, -0.15) is 26.9 Å². The Morgan fingerprint density at radius 1 is 1.20 bits per heavy atom. The van der Waals surface area contributed by atoms with Crippen LogP contribution < -0.4 is 10.1 Å². The number of hydrogen-bond donors (Lipinski definition) is 1. The average Bonchev–Trinajstić information content (AvgIpc) is 2.34. The van der Waals surface area contributed by atoms with Crippen LogP contribution in [0.25, 0.3) is 0 Å². The first-order valence-corrected chi connectivity index (χ1v) is 5.71. The fourth-order valence-electron chi connectivity index (χ4n) is 1.15. The maximum absolute atomic E-state index is 12.7. The number of anilines is 1. The number of nitrogens with zero attached hydrogens (tertiary/aromatic N) is 2. The van der Waals surface area contributed by atoms with Gasteiger partial charge in [0, 0.05) is 19.0 Å². The second kappa shape index (κ2) is 5.76. The van der Waals surface area contributed by atoms with Crippen molar-refractivity contribution in [1.82, 2.24) is 9.97 Å². The van der Waals surface area contributed by atoms with Crippen LogP contribution in [-0.4, -0.2) is 35.7 Å². The Bertz CT molecular complexity index is 462. The van der Waals surface area contributed by atoms with Gasteiger partial charge in [-0.15, -0.1) is 0 Å². The number of nitrogens with one attached hydrogen (secondary N) is 1. The summed E-state index contributed by atoms with van der Waals surface area (Å²) in [5, 5.41) is 2.65. The summed E-state index contributed by atoms with van der Waals surface area (Å²) >= 11 is 0. The van der Waals surface area contributed by atoms with Gasteiger partial charge in [0.2, 0.25) is 5.88 Å². The van der Waals surface area contributed by atoms with Crippen LogP contribution in [0.1, 0.15) is 25.6 Å². The third-order valence-corrected chi connectivity index (χ3v) is 2.31. The van der Waals surface area contributed by atoms with Crippen LogP contribution in [-0.2, 0) is 0 Å². The van der Waals surface area contributed by atoms with E-state index in [1.165, 1.54) is 7.05 Å². The van der Waals surface area contributed by atoms with E-state index in [0.29, 0.717) is 0 Å². The van der Waals surface area contributed by atoms with Crippen molar-refractivity contribution in [2.75, 3.05) is 19.0 Å². The Morgan fingerprint density at radius 2 is 1.80 bits per heavy atom. The quantitative estimate of drug-likeness (QED) is 0.848. The van der Waals surface area contributed by atoms with Crippen LogP contribution in [0.4, 0.5) is 27.8 Å². The highest BCUT2D eigenvalue weighted by Crippen LogP contribution is 2.35. The van der Waals surface area contributed by atoms with E-state index in [2.05, 4.69) is 20.0 Å². The molecule has 1 aromatic heterocycles. The van der Waals surface area contributed by atoms with Gasteiger partial charge in [-0.25, -0.2) is 4.98 Å². The molecule has 0 aliphatic carbocycles. The van der Waals surface area contributed by atoms with Crippen LogP contribution in [0.2, 0.25) is 0 Å². The molecule has 0 fully saturated rings. The minimum absolute atomic E-state index is 0.131. The fourth-order valence-corrected chi connectivity index (χ4v) is 1.15. The molecule has 0 aliphatic rings. The van der Waals surface area contributed by atoms with Gasteiger partial charge >= 0.3 is 12.1 Å². The van der Waals surface area contributed by atoms with Crippen molar-refractivity contribution in [2.24, 2.45) is 0 Å². The molecule has 0 atom stereocenters. The van der Waals surface area contributed by atoms with Crippen molar-refractivity contribution in [3.05, 3.63) is 11.9 Å². The predicted molar refractivity (Wildman–Crippen MR) is 62.2 cm³/mol. The number of hydrogen-bond acceptors (Lipinski definition) is 4. The number of alkyl halides is 5. The smallest absolute Gasteiger partial charge is 0.456 e. The second-order valence-corrected chi connectivity index (χ2v) is 4.35. The van der Waals surface area contributed by atoms with Gasteiger partial charge in [0.05, 0.1) is 0 Å². The normalized spacial score (nSPS) is 12.7. The number of ether oxygens (including phenoxy) is 1. The molecular formula is C11H14F5N3O. The molecule has 4 nitrogen and oxygen atoms in total. The van der Waals surface area contributed by atoms with Crippen molar-refractivity contribution in [3.8, 4) is 5.88 Å². The summed E-state index contributed by atoms with van der Waals surface area (Å²) in [5.74, 6) is -4.85. The van der Waals surface area contributed by atoms with Gasteiger partial charge in [-0.05, 0) is 0 Å². The van der Waals surface area contributed by atoms with Crippen LogP contribution in [0, 0.1) is 0 Å². The maximum atomic E-state index is 12.7. The third-order valence-electron chi connectivity index (χ3n) is 2.31. The van der Waals surface area contributed by atoms with Crippen LogP contribution in [0.15, 0.2) is 6.07 Å². The molecule has 0 bridgehead atoms. The van der Waals surface area contributed by atoms with Gasteiger partial charge in [0.25, 0.3) is 0 Å². The van der Waals surface area contributed by atoms with Crippen molar-refractivity contribution >= 4 is 5.82 Å². The highest BCUT2D eigenvalue weighted by Gasteiger charge is 2.58. The lowest BCUT2D eigenvalue weighted by atomic mass is 10.2. The highest BCUT2D eigenvalue weighted by atomic mass is 19.4. The minimum atomic E-state index is -5.66. The molecule has 114 valence electrons. The first-order valence-electron chi connectivity index (χ1n) is 5.71. The first-order chi connectivity index (χ1) is 9.06. The lowest BCUT2D eigenvalue weighted by molar-refractivity contribution is -0.290. The number of aromatic nitrogens is 2. The zero-order valence-electron chi connectivity index (χ0n) is 11.1. The molecule has 0 radical (unpaired) electrons. The molecule has 20 heavy (non-hydrogen) atoms. The fraction of sp³-hybridized carbons (Fsp3) is 0.636. The van der Waals surface area contributed by atoms with E-state index in [4.69, 9.17) is 0 Å². The summed E-state index contributed by atoms with van der Waals surface area (Å²) in [7, 11) is 1.53. The van der Waals surface area contributed by atoms with Gasteiger partial charge in [0.15, 0.2) is 6.61 Å². The monoisotopic (exact) mass is 299 g/mol. The van der Waals surface area contributed by atoms with Gasteiger partial charge in [-0.3, -0.25) is 0 Å². The van der Waals surface area contributed by atoms with Gasteiger partial charge < -0.3 is 10.1 Å². The molecule has 0 spiro atoms. The van der Waals surface area contributed by atoms with Gasteiger partial charge in [0.1, 0.15) is 11.6 Å². The molecule has 0 aliphatic heterocycles. The lowest BCUT2D eigenvalue weighted by Crippen LogP contribution is -2.41. The van der Waals surface area contributed by atoms with Crippen molar-refractivity contribution in [3.63, 3.8) is 0 Å². The van der Waals surface area contributed by atoms with Crippen molar-refractivity contribution in [1.29, 1.82) is 0 Å². The molecule has 0 aromatic carbocycles.